The van der Waals surface area contributed by atoms with Crippen molar-refractivity contribution in [3.8, 4) is 0 Å². The third-order valence-corrected chi connectivity index (χ3v) is 4.65. The first kappa shape index (κ1) is 12.0. The summed E-state index contributed by atoms with van der Waals surface area (Å²) < 4.78 is 0.987. The lowest BCUT2D eigenvalue weighted by Crippen LogP contribution is -2.21. The van der Waals surface area contributed by atoms with Crippen LogP contribution in [0.1, 0.15) is 17.9 Å². The Morgan fingerprint density at radius 2 is 2.12 bits per heavy atom. The molecule has 1 aliphatic rings. The zero-order valence-corrected chi connectivity index (χ0v) is 11.1. The summed E-state index contributed by atoms with van der Waals surface area (Å²) in [5.74, 6) is 1.29. The number of carbonyl (C=O) groups is 1. The van der Waals surface area contributed by atoms with Crippen LogP contribution in [-0.4, -0.2) is 22.6 Å². The Bertz CT molecular complexity index is 371. The minimum atomic E-state index is -0.699. The molecule has 16 heavy (non-hydrogen) atoms. The molecule has 1 aliphatic heterocycles. The fraction of sp³-hybridized carbons (Fsp3) is 0.417. The van der Waals surface area contributed by atoms with E-state index in [1.54, 1.807) is 0 Å². The quantitative estimate of drug-likeness (QED) is 0.930. The maximum atomic E-state index is 11.4. The molecule has 0 aliphatic carbocycles. The molecule has 2 atom stereocenters. The van der Waals surface area contributed by atoms with Gasteiger partial charge in [0, 0.05) is 4.47 Å². The first-order valence-corrected chi connectivity index (χ1v) is 7.19. The summed E-state index contributed by atoms with van der Waals surface area (Å²) in [6, 6.07) is 7.64. The van der Waals surface area contributed by atoms with Gasteiger partial charge < -0.3 is 5.11 Å². The standard InChI is InChI=1S/C12H13BrO2S/c13-10-3-1-8(2-4-10)11(12(14)15)9-5-6-16-7-9/h1-4,9,11H,5-7H2,(H,14,15). The summed E-state index contributed by atoms with van der Waals surface area (Å²) in [4.78, 5) is 11.4. The van der Waals surface area contributed by atoms with Crippen molar-refractivity contribution in [2.45, 2.75) is 12.3 Å². The van der Waals surface area contributed by atoms with Crippen molar-refractivity contribution in [1.82, 2.24) is 0 Å². The molecule has 1 fully saturated rings. The Kier molecular flexibility index (Phi) is 3.92. The molecule has 0 bridgehead atoms. The smallest absolute Gasteiger partial charge is 0.311 e. The van der Waals surface area contributed by atoms with Crippen molar-refractivity contribution in [3.05, 3.63) is 34.3 Å². The van der Waals surface area contributed by atoms with Crippen molar-refractivity contribution in [2.24, 2.45) is 5.92 Å². The molecule has 0 spiro atoms. The summed E-state index contributed by atoms with van der Waals surface area (Å²) in [5.41, 5.74) is 0.920. The van der Waals surface area contributed by atoms with Crippen LogP contribution in [0.4, 0.5) is 0 Å². The molecule has 1 aromatic carbocycles. The van der Waals surface area contributed by atoms with Gasteiger partial charge in [0.15, 0.2) is 0 Å². The number of carboxylic acids is 1. The van der Waals surface area contributed by atoms with Crippen molar-refractivity contribution < 1.29 is 9.90 Å². The molecule has 1 aromatic rings. The number of carboxylic acid groups (broad SMARTS) is 1. The summed E-state index contributed by atoms with van der Waals surface area (Å²) in [6.45, 7) is 0. The second-order valence-corrected chi connectivity index (χ2v) is 6.06. The second kappa shape index (κ2) is 5.23. The lowest BCUT2D eigenvalue weighted by Gasteiger charge is -2.18. The third-order valence-electron chi connectivity index (χ3n) is 2.93. The number of rotatable bonds is 3. The van der Waals surface area contributed by atoms with Crippen LogP contribution >= 0.6 is 27.7 Å². The molecular weight excluding hydrogens is 288 g/mol. The van der Waals surface area contributed by atoms with Crippen molar-refractivity contribution >= 4 is 33.7 Å². The highest BCUT2D eigenvalue weighted by Crippen LogP contribution is 2.36. The summed E-state index contributed by atoms with van der Waals surface area (Å²) in [6.07, 6.45) is 1.01. The van der Waals surface area contributed by atoms with Gasteiger partial charge in [-0.3, -0.25) is 4.79 Å². The third kappa shape index (κ3) is 2.61. The molecule has 0 aromatic heterocycles. The van der Waals surface area contributed by atoms with E-state index in [1.165, 1.54) is 0 Å². The maximum Gasteiger partial charge on any atom is 0.311 e. The van der Waals surface area contributed by atoms with E-state index in [-0.39, 0.29) is 11.8 Å². The zero-order chi connectivity index (χ0) is 11.5. The summed E-state index contributed by atoms with van der Waals surface area (Å²) in [7, 11) is 0. The topological polar surface area (TPSA) is 37.3 Å². The van der Waals surface area contributed by atoms with E-state index in [9.17, 15) is 9.90 Å². The molecule has 2 nitrogen and oxygen atoms in total. The van der Waals surface area contributed by atoms with Gasteiger partial charge in [-0.05, 0) is 41.5 Å². The molecule has 4 heteroatoms. The minimum absolute atomic E-state index is 0.281. The average Bonchev–Trinajstić information content (AvgIpc) is 2.74. The van der Waals surface area contributed by atoms with Gasteiger partial charge in [0.2, 0.25) is 0 Å². The van der Waals surface area contributed by atoms with E-state index in [0.29, 0.717) is 0 Å². The van der Waals surface area contributed by atoms with Gasteiger partial charge in [0.05, 0.1) is 5.92 Å². The number of thioether (sulfide) groups is 1. The van der Waals surface area contributed by atoms with Crippen molar-refractivity contribution in [2.75, 3.05) is 11.5 Å². The Morgan fingerprint density at radius 3 is 2.62 bits per heavy atom. The van der Waals surface area contributed by atoms with E-state index in [4.69, 9.17) is 0 Å². The highest BCUT2D eigenvalue weighted by atomic mass is 79.9. The van der Waals surface area contributed by atoms with Gasteiger partial charge in [-0.25, -0.2) is 0 Å². The minimum Gasteiger partial charge on any atom is -0.481 e. The largest absolute Gasteiger partial charge is 0.481 e. The van der Waals surface area contributed by atoms with Crippen LogP contribution in [0.2, 0.25) is 0 Å². The highest BCUT2D eigenvalue weighted by Gasteiger charge is 2.32. The molecular formula is C12H13BrO2S. The monoisotopic (exact) mass is 300 g/mol. The predicted octanol–water partition coefficient (Wildman–Crippen LogP) is 3.37. The number of hydrogen-bond acceptors (Lipinski definition) is 2. The fourth-order valence-corrected chi connectivity index (χ4v) is 3.66. The molecule has 0 amide bonds. The van der Waals surface area contributed by atoms with E-state index in [2.05, 4.69) is 15.9 Å². The Balaban J connectivity index is 2.24. The molecule has 2 unspecified atom stereocenters. The Labute approximate surface area is 108 Å². The molecule has 0 radical (unpaired) electrons. The molecule has 1 saturated heterocycles. The van der Waals surface area contributed by atoms with E-state index in [0.717, 1.165) is 28.0 Å². The van der Waals surface area contributed by atoms with Gasteiger partial charge in [-0.15, -0.1) is 0 Å². The van der Waals surface area contributed by atoms with Gasteiger partial charge in [-0.2, -0.15) is 11.8 Å². The van der Waals surface area contributed by atoms with E-state index >= 15 is 0 Å². The summed E-state index contributed by atoms with van der Waals surface area (Å²) >= 11 is 5.22. The maximum absolute atomic E-state index is 11.4. The molecule has 1 heterocycles. The van der Waals surface area contributed by atoms with Crippen LogP contribution in [0.3, 0.4) is 0 Å². The second-order valence-electron chi connectivity index (χ2n) is 3.99. The lowest BCUT2D eigenvalue weighted by atomic mass is 9.86. The van der Waals surface area contributed by atoms with Crippen molar-refractivity contribution in [1.29, 1.82) is 0 Å². The zero-order valence-electron chi connectivity index (χ0n) is 8.73. The van der Waals surface area contributed by atoms with Crippen molar-refractivity contribution in [3.63, 3.8) is 0 Å². The SMILES string of the molecule is O=C(O)C(c1ccc(Br)cc1)C1CCSC1. The molecule has 86 valence electrons. The van der Waals surface area contributed by atoms with Gasteiger partial charge in [-0.1, -0.05) is 28.1 Å². The first-order chi connectivity index (χ1) is 7.68. The first-order valence-electron chi connectivity index (χ1n) is 5.24. The molecule has 1 N–H and O–H groups in total. The van der Waals surface area contributed by atoms with E-state index < -0.39 is 5.97 Å². The van der Waals surface area contributed by atoms with Gasteiger partial charge >= 0.3 is 5.97 Å². The highest BCUT2D eigenvalue weighted by molar-refractivity contribution is 9.10. The van der Waals surface area contributed by atoms with Crippen LogP contribution in [0.5, 0.6) is 0 Å². The average molecular weight is 301 g/mol. The van der Waals surface area contributed by atoms with Crippen LogP contribution in [0.25, 0.3) is 0 Å². The Morgan fingerprint density at radius 1 is 1.44 bits per heavy atom. The summed E-state index contributed by atoms with van der Waals surface area (Å²) in [5, 5.41) is 9.34. The van der Waals surface area contributed by atoms with Gasteiger partial charge in [0.1, 0.15) is 0 Å². The number of benzene rings is 1. The van der Waals surface area contributed by atoms with Crippen LogP contribution in [0, 0.1) is 5.92 Å². The van der Waals surface area contributed by atoms with Crippen LogP contribution in [0.15, 0.2) is 28.7 Å². The van der Waals surface area contributed by atoms with Crippen LogP contribution < -0.4 is 0 Å². The number of hydrogen-bond donors (Lipinski definition) is 1. The van der Waals surface area contributed by atoms with E-state index in [1.807, 2.05) is 36.0 Å². The molecule has 2 rings (SSSR count). The van der Waals surface area contributed by atoms with Crippen LogP contribution in [-0.2, 0) is 4.79 Å². The Hall–Kier alpha value is -0.480. The van der Waals surface area contributed by atoms with Gasteiger partial charge in [0.25, 0.3) is 0 Å². The lowest BCUT2D eigenvalue weighted by molar-refractivity contribution is -0.140. The number of aliphatic carboxylic acids is 1. The normalized spacial score (nSPS) is 21.9. The fourth-order valence-electron chi connectivity index (χ4n) is 2.10. The predicted molar refractivity (Wildman–Crippen MR) is 70.0 cm³/mol. The number of halogens is 1. The molecule has 0 saturated carbocycles.